The lowest BCUT2D eigenvalue weighted by Crippen LogP contribution is -2.12. The Bertz CT molecular complexity index is 1120. The lowest BCUT2D eigenvalue weighted by molar-refractivity contribution is 0.102. The summed E-state index contributed by atoms with van der Waals surface area (Å²) in [6.45, 7) is 2.47. The van der Waals surface area contributed by atoms with Crippen LogP contribution in [-0.4, -0.2) is 25.7 Å². The van der Waals surface area contributed by atoms with E-state index in [1.807, 2.05) is 54.8 Å². The topological polar surface area (TPSA) is 72.7 Å². The molecule has 0 aliphatic heterocycles. The molecule has 0 saturated heterocycles. The molecule has 0 atom stereocenters. The Hall–Kier alpha value is -3.03. The molecule has 28 heavy (non-hydrogen) atoms. The second kappa shape index (κ2) is 7.92. The number of thiazole rings is 1. The number of nitrogens with one attached hydrogen (secondary N) is 1. The molecule has 8 heteroatoms. The van der Waals surface area contributed by atoms with Crippen LogP contribution >= 0.6 is 22.9 Å². The van der Waals surface area contributed by atoms with E-state index in [1.54, 1.807) is 10.9 Å². The number of nitrogens with zero attached hydrogens (tertiary/aromatic N) is 4. The van der Waals surface area contributed by atoms with Crippen LogP contribution in [0.15, 0.2) is 60.2 Å². The molecule has 3 heterocycles. The van der Waals surface area contributed by atoms with Gasteiger partial charge in [-0.15, -0.1) is 11.3 Å². The molecule has 1 N–H and O–H groups in total. The molecule has 0 unspecified atom stereocenters. The van der Waals surface area contributed by atoms with Gasteiger partial charge in [-0.25, -0.2) is 9.67 Å². The van der Waals surface area contributed by atoms with E-state index in [-0.39, 0.29) is 5.91 Å². The van der Waals surface area contributed by atoms with Gasteiger partial charge in [0, 0.05) is 11.6 Å². The van der Waals surface area contributed by atoms with E-state index < -0.39 is 0 Å². The third-order valence-corrected chi connectivity index (χ3v) is 5.33. The van der Waals surface area contributed by atoms with Gasteiger partial charge in [0.2, 0.25) is 0 Å². The van der Waals surface area contributed by atoms with Crippen LogP contribution in [-0.2, 0) is 6.54 Å². The van der Waals surface area contributed by atoms with Crippen molar-refractivity contribution in [1.82, 2.24) is 19.7 Å². The minimum atomic E-state index is -0.344. The fourth-order valence-corrected chi connectivity index (χ4v) is 3.68. The molecule has 3 aromatic heterocycles. The largest absolute Gasteiger partial charge is 0.298 e. The van der Waals surface area contributed by atoms with Crippen molar-refractivity contribution in [1.29, 1.82) is 0 Å². The van der Waals surface area contributed by atoms with Gasteiger partial charge in [0.15, 0.2) is 5.13 Å². The van der Waals surface area contributed by atoms with Gasteiger partial charge in [-0.05, 0) is 24.1 Å². The van der Waals surface area contributed by atoms with Crippen LogP contribution in [0.3, 0.4) is 0 Å². The maximum absolute atomic E-state index is 12.6. The van der Waals surface area contributed by atoms with E-state index >= 15 is 0 Å². The SMILES string of the molecule is Cc1cccnc1-c1csc(NC(=O)c2cnn(Cc3ccccc3)c2Cl)n1. The monoisotopic (exact) mass is 409 g/mol. The molecule has 140 valence electrons. The van der Waals surface area contributed by atoms with Crippen LogP contribution in [0.1, 0.15) is 21.5 Å². The number of pyridine rings is 1. The molecule has 0 aliphatic carbocycles. The van der Waals surface area contributed by atoms with E-state index in [9.17, 15) is 4.79 Å². The fourth-order valence-electron chi connectivity index (χ4n) is 2.75. The Labute approximate surface area is 170 Å². The quantitative estimate of drug-likeness (QED) is 0.520. The van der Waals surface area contributed by atoms with Gasteiger partial charge in [0.25, 0.3) is 5.91 Å². The molecule has 0 bridgehead atoms. The smallest absolute Gasteiger partial charge is 0.262 e. The van der Waals surface area contributed by atoms with Gasteiger partial charge in [-0.2, -0.15) is 5.10 Å². The van der Waals surface area contributed by atoms with Crippen molar-refractivity contribution >= 4 is 34.0 Å². The van der Waals surface area contributed by atoms with Crippen molar-refractivity contribution in [2.24, 2.45) is 0 Å². The van der Waals surface area contributed by atoms with Crippen molar-refractivity contribution in [3.63, 3.8) is 0 Å². The summed E-state index contributed by atoms with van der Waals surface area (Å²) in [6.07, 6.45) is 3.19. The second-order valence-corrected chi connectivity index (χ2v) is 7.37. The van der Waals surface area contributed by atoms with E-state index in [0.717, 1.165) is 22.5 Å². The molecule has 4 rings (SSSR count). The molecule has 0 spiro atoms. The van der Waals surface area contributed by atoms with Crippen LogP contribution in [0.2, 0.25) is 5.15 Å². The molecule has 0 fully saturated rings. The van der Waals surface area contributed by atoms with Crippen molar-refractivity contribution < 1.29 is 4.79 Å². The number of aryl methyl sites for hydroxylation is 1. The highest BCUT2D eigenvalue weighted by atomic mass is 35.5. The fraction of sp³-hybridized carbons (Fsp3) is 0.100. The highest BCUT2D eigenvalue weighted by molar-refractivity contribution is 7.14. The number of anilines is 1. The number of halogens is 1. The molecule has 0 radical (unpaired) electrons. The first kappa shape index (κ1) is 18.3. The van der Waals surface area contributed by atoms with Gasteiger partial charge in [-0.1, -0.05) is 48.0 Å². The predicted octanol–water partition coefficient (Wildman–Crippen LogP) is 4.66. The highest BCUT2D eigenvalue weighted by Gasteiger charge is 2.18. The maximum atomic E-state index is 12.6. The molecule has 0 aliphatic rings. The molecule has 0 saturated carbocycles. The van der Waals surface area contributed by atoms with E-state index in [2.05, 4.69) is 20.4 Å². The van der Waals surface area contributed by atoms with E-state index in [0.29, 0.717) is 22.4 Å². The van der Waals surface area contributed by atoms with Crippen molar-refractivity contribution in [2.45, 2.75) is 13.5 Å². The van der Waals surface area contributed by atoms with Crippen molar-refractivity contribution in [3.05, 3.63) is 82.1 Å². The van der Waals surface area contributed by atoms with Crippen molar-refractivity contribution in [3.8, 4) is 11.4 Å². The predicted molar refractivity (Wildman–Crippen MR) is 111 cm³/mol. The normalized spacial score (nSPS) is 10.8. The van der Waals surface area contributed by atoms with Crippen LogP contribution in [0.4, 0.5) is 5.13 Å². The zero-order valence-electron chi connectivity index (χ0n) is 15.0. The summed E-state index contributed by atoms with van der Waals surface area (Å²) in [7, 11) is 0. The third kappa shape index (κ3) is 3.81. The molecule has 1 amide bonds. The zero-order chi connectivity index (χ0) is 19.5. The number of hydrogen-bond donors (Lipinski definition) is 1. The Kier molecular flexibility index (Phi) is 5.18. The first-order valence-electron chi connectivity index (χ1n) is 8.56. The third-order valence-electron chi connectivity index (χ3n) is 4.17. The number of benzene rings is 1. The van der Waals surface area contributed by atoms with Gasteiger partial charge in [-0.3, -0.25) is 15.1 Å². The minimum absolute atomic E-state index is 0.290. The van der Waals surface area contributed by atoms with Gasteiger partial charge in [0.1, 0.15) is 10.8 Å². The molecule has 4 aromatic rings. The standard InChI is InChI=1S/C20H16ClN5OS/c1-13-6-5-9-22-17(13)16-12-28-20(24-16)25-19(27)15-10-23-26(18(15)21)11-14-7-3-2-4-8-14/h2-10,12H,11H2,1H3,(H,24,25,27). The lowest BCUT2D eigenvalue weighted by Gasteiger charge is -2.04. The first-order valence-corrected chi connectivity index (χ1v) is 9.81. The zero-order valence-corrected chi connectivity index (χ0v) is 16.5. The van der Waals surface area contributed by atoms with Crippen LogP contribution in [0.5, 0.6) is 0 Å². The lowest BCUT2D eigenvalue weighted by atomic mass is 10.2. The maximum Gasteiger partial charge on any atom is 0.262 e. The Morgan fingerprint density at radius 2 is 2.04 bits per heavy atom. The summed E-state index contributed by atoms with van der Waals surface area (Å²) in [5.41, 5.74) is 3.91. The van der Waals surface area contributed by atoms with Crippen LogP contribution in [0, 0.1) is 6.92 Å². The summed E-state index contributed by atoms with van der Waals surface area (Å²) in [6, 6.07) is 13.7. The Balaban J connectivity index is 1.50. The van der Waals surface area contributed by atoms with Crippen LogP contribution in [0.25, 0.3) is 11.4 Å². The number of carbonyl (C=O) groups is 1. The highest BCUT2D eigenvalue weighted by Crippen LogP contribution is 2.26. The van der Waals surface area contributed by atoms with Gasteiger partial charge in [0.05, 0.1) is 24.0 Å². The average Bonchev–Trinajstić information content (AvgIpc) is 3.30. The summed E-state index contributed by atoms with van der Waals surface area (Å²) < 4.78 is 1.59. The summed E-state index contributed by atoms with van der Waals surface area (Å²) in [4.78, 5) is 21.4. The molecule has 6 nitrogen and oxygen atoms in total. The second-order valence-electron chi connectivity index (χ2n) is 6.15. The van der Waals surface area contributed by atoms with E-state index in [4.69, 9.17) is 11.6 Å². The van der Waals surface area contributed by atoms with E-state index in [1.165, 1.54) is 17.5 Å². The summed E-state index contributed by atoms with van der Waals surface area (Å²) >= 11 is 7.71. The first-order chi connectivity index (χ1) is 13.6. The molecule has 1 aromatic carbocycles. The summed E-state index contributed by atoms with van der Waals surface area (Å²) in [5, 5.41) is 9.66. The summed E-state index contributed by atoms with van der Waals surface area (Å²) in [5.74, 6) is -0.344. The van der Waals surface area contributed by atoms with Crippen molar-refractivity contribution in [2.75, 3.05) is 5.32 Å². The number of aromatic nitrogens is 4. The van der Waals surface area contributed by atoms with Crippen LogP contribution < -0.4 is 5.32 Å². The molecular weight excluding hydrogens is 394 g/mol. The number of rotatable bonds is 5. The average molecular weight is 410 g/mol. The minimum Gasteiger partial charge on any atom is -0.298 e. The number of carbonyl (C=O) groups excluding carboxylic acids is 1. The number of amides is 1. The Morgan fingerprint density at radius 1 is 1.21 bits per heavy atom. The Morgan fingerprint density at radius 3 is 2.82 bits per heavy atom. The number of hydrogen-bond acceptors (Lipinski definition) is 5. The molecular formula is C20H16ClN5OS. The van der Waals surface area contributed by atoms with Gasteiger partial charge < -0.3 is 0 Å². The van der Waals surface area contributed by atoms with Gasteiger partial charge >= 0.3 is 0 Å².